The molecule has 3 unspecified atom stereocenters. The molecular weight excluding hydrogens is 316 g/mol. The molecule has 2 aliphatic rings. The van der Waals surface area contributed by atoms with Crippen LogP contribution in [0.4, 0.5) is 0 Å². The zero-order valence-electron chi connectivity index (χ0n) is 14.4. The Morgan fingerprint density at radius 2 is 2.00 bits per heavy atom. The number of morpholine rings is 1. The monoisotopic (exact) mass is 346 g/mol. The molecule has 0 aromatic carbocycles. The molecule has 0 saturated carbocycles. The fourth-order valence-corrected chi connectivity index (χ4v) is 4.95. The Morgan fingerprint density at radius 1 is 1.30 bits per heavy atom. The Bertz CT molecular complexity index is 499. The molecule has 0 radical (unpaired) electrons. The second-order valence-electron chi connectivity index (χ2n) is 6.61. The van der Waals surface area contributed by atoms with Crippen LogP contribution in [0.25, 0.3) is 0 Å². The summed E-state index contributed by atoms with van der Waals surface area (Å²) in [6.07, 6.45) is 2.27. The van der Waals surface area contributed by atoms with Gasteiger partial charge in [0.2, 0.25) is 0 Å². The van der Waals surface area contributed by atoms with Crippen LogP contribution in [0, 0.1) is 0 Å². The van der Waals surface area contributed by atoms with Crippen molar-refractivity contribution in [3.05, 3.63) is 0 Å². The highest BCUT2D eigenvalue weighted by Crippen LogP contribution is 2.11. The molecule has 7 nitrogen and oxygen atoms in total. The third-order valence-electron chi connectivity index (χ3n) is 4.24. The second kappa shape index (κ2) is 8.30. The van der Waals surface area contributed by atoms with Gasteiger partial charge in [0.1, 0.15) is 0 Å². The highest BCUT2D eigenvalue weighted by atomic mass is 32.2. The van der Waals surface area contributed by atoms with Crippen molar-refractivity contribution in [2.45, 2.75) is 44.9 Å². The van der Waals surface area contributed by atoms with E-state index in [0.717, 1.165) is 32.6 Å². The number of hydrogen-bond acceptors (Lipinski definition) is 5. The van der Waals surface area contributed by atoms with E-state index in [2.05, 4.69) is 34.4 Å². The van der Waals surface area contributed by atoms with Crippen LogP contribution in [0.2, 0.25) is 0 Å². The number of aliphatic imine (C=N–C) groups is 1. The quantitative estimate of drug-likeness (QED) is 0.409. The van der Waals surface area contributed by atoms with Crippen LogP contribution in [0.5, 0.6) is 0 Å². The third-order valence-corrected chi connectivity index (χ3v) is 6.00. The van der Waals surface area contributed by atoms with Gasteiger partial charge in [-0.2, -0.15) is 0 Å². The highest BCUT2D eigenvalue weighted by molar-refractivity contribution is 7.91. The number of guanidine groups is 1. The van der Waals surface area contributed by atoms with Crippen LogP contribution in [0.3, 0.4) is 0 Å². The van der Waals surface area contributed by atoms with E-state index in [1.165, 1.54) is 0 Å². The number of sulfone groups is 1. The smallest absolute Gasteiger partial charge is 0.191 e. The number of ether oxygens (including phenoxy) is 1. The maximum atomic E-state index is 11.5. The van der Waals surface area contributed by atoms with Gasteiger partial charge in [-0.25, -0.2) is 8.42 Å². The van der Waals surface area contributed by atoms with E-state index < -0.39 is 9.84 Å². The molecule has 2 fully saturated rings. The fourth-order valence-electron chi connectivity index (χ4n) is 3.27. The maximum Gasteiger partial charge on any atom is 0.191 e. The molecule has 0 aromatic rings. The first-order valence-corrected chi connectivity index (χ1v) is 10.3. The molecule has 2 aliphatic heterocycles. The molecule has 23 heavy (non-hydrogen) atoms. The van der Waals surface area contributed by atoms with Gasteiger partial charge in [0.25, 0.3) is 0 Å². The van der Waals surface area contributed by atoms with Crippen LogP contribution in [-0.2, 0) is 14.6 Å². The molecule has 8 heteroatoms. The van der Waals surface area contributed by atoms with Gasteiger partial charge in [-0.15, -0.1) is 0 Å². The molecule has 134 valence electrons. The predicted molar refractivity (Wildman–Crippen MR) is 92.6 cm³/mol. The summed E-state index contributed by atoms with van der Waals surface area (Å²) in [7, 11) is -1.15. The second-order valence-corrected chi connectivity index (χ2v) is 8.84. The summed E-state index contributed by atoms with van der Waals surface area (Å²) in [5, 5.41) is 6.47. The number of rotatable bonds is 5. The van der Waals surface area contributed by atoms with E-state index in [4.69, 9.17) is 4.74 Å². The van der Waals surface area contributed by atoms with Crippen molar-refractivity contribution in [2.24, 2.45) is 4.99 Å². The minimum Gasteiger partial charge on any atom is -0.373 e. The number of nitrogens with one attached hydrogen (secondary N) is 2. The molecule has 3 atom stereocenters. The average molecular weight is 346 g/mol. The van der Waals surface area contributed by atoms with Crippen molar-refractivity contribution < 1.29 is 13.2 Å². The number of hydrogen-bond donors (Lipinski definition) is 2. The minimum atomic E-state index is -2.86. The van der Waals surface area contributed by atoms with Crippen molar-refractivity contribution in [3.63, 3.8) is 0 Å². The first kappa shape index (κ1) is 18.5. The van der Waals surface area contributed by atoms with Crippen LogP contribution in [0.1, 0.15) is 26.7 Å². The summed E-state index contributed by atoms with van der Waals surface area (Å²) in [6, 6.07) is -0.0212. The Kier molecular flexibility index (Phi) is 6.67. The van der Waals surface area contributed by atoms with Crippen molar-refractivity contribution in [3.8, 4) is 0 Å². The van der Waals surface area contributed by atoms with E-state index in [1.54, 1.807) is 7.05 Å². The van der Waals surface area contributed by atoms with E-state index in [-0.39, 0.29) is 17.5 Å². The van der Waals surface area contributed by atoms with Crippen LogP contribution in [0.15, 0.2) is 4.99 Å². The minimum absolute atomic E-state index is 0.0212. The van der Waals surface area contributed by atoms with E-state index in [9.17, 15) is 8.42 Å². The van der Waals surface area contributed by atoms with Crippen LogP contribution in [-0.4, -0.2) is 82.3 Å². The normalized spacial score (nSPS) is 32.0. The van der Waals surface area contributed by atoms with Crippen molar-refractivity contribution in [1.82, 2.24) is 15.5 Å². The number of nitrogens with zero attached hydrogens (tertiary/aromatic N) is 2. The Labute approximate surface area is 139 Å². The standard InChI is InChI=1S/C15H30N4O3S/c1-12-9-19(10-13(2)22-12)7-4-6-17-15(16-3)18-14-5-8-23(20,21)11-14/h12-14H,4-11H2,1-3H3,(H2,16,17,18). The lowest BCUT2D eigenvalue weighted by Crippen LogP contribution is -2.47. The summed E-state index contributed by atoms with van der Waals surface area (Å²) in [5.74, 6) is 1.17. The molecule has 0 aliphatic carbocycles. The largest absolute Gasteiger partial charge is 0.373 e. The van der Waals surface area contributed by atoms with Crippen molar-refractivity contribution in [1.29, 1.82) is 0 Å². The van der Waals surface area contributed by atoms with Gasteiger partial charge in [-0.05, 0) is 26.7 Å². The van der Waals surface area contributed by atoms with E-state index >= 15 is 0 Å². The predicted octanol–water partition coefficient (Wildman–Crippen LogP) is -0.162. The first-order chi connectivity index (χ1) is 10.9. The summed E-state index contributed by atoms with van der Waals surface area (Å²) >= 11 is 0. The highest BCUT2D eigenvalue weighted by Gasteiger charge is 2.28. The zero-order valence-corrected chi connectivity index (χ0v) is 15.2. The molecule has 2 N–H and O–H groups in total. The van der Waals surface area contributed by atoms with Crippen molar-refractivity contribution >= 4 is 15.8 Å². The SMILES string of the molecule is CN=C(NCCCN1CC(C)OC(C)C1)NC1CCS(=O)(=O)C1. The molecular formula is C15H30N4O3S. The van der Waals surface area contributed by atoms with Crippen LogP contribution >= 0.6 is 0 Å². The van der Waals surface area contributed by atoms with Gasteiger partial charge in [0, 0.05) is 39.3 Å². The Morgan fingerprint density at radius 3 is 2.57 bits per heavy atom. The summed E-state index contributed by atoms with van der Waals surface area (Å²) in [4.78, 5) is 6.60. The first-order valence-electron chi connectivity index (χ1n) is 8.43. The molecule has 2 saturated heterocycles. The topological polar surface area (TPSA) is 83.0 Å². The third kappa shape index (κ3) is 6.27. The molecule has 0 aromatic heterocycles. The van der Waals surface area contributed by atoms with E-state index in [1.807, 2.05) is 0 Å². The van der Waals surface area contributed by atoms with Gasteiger partial charge in [0.15, 0.2) is 15.8 Å². The van der Waals surface area contributed by atoms with E-state index in [0.29, 0.717) is 24.6 Å². The molecule has 2 heterocycles. The maximum absolute atomic E-state index is 11.5. The van der Waals surface area contributed by atoms with Gasteiger partial charge in [-0.1, -0.05) is 0 Å². The van der Waals surface area contributed by atoms with Crippen molar-refractivity contribution in [2.75, 3.05) is 44.7 Å². The molecule has 0 bridgehead atoms. The Balaban J connectivity index is 1.64. The zero-order chi connectivity index (χ0) is 16.9. The van der Waals surface area contributed by atoms with Crippen LogP contribution < -0.4 is 10.6 Å². The lowest BCUT2D eigenvalue weighted by atomic mass is 10.2. The summed E-state index contributed by atoms with van der Waals surface area (Å²) in [6.45, 7) is 8.04. The molecule has 0 amide bonds. The lowest BCUT2D eigenvalue weighted by molar-refractivity contribution is -0.0679. The summed E-state index contributed by atoms with van der Waals surface area (Å²) in [5.41, 5.74) is 0. The average Bonchev–Trinajstić information content (AvgIpc) is 2.80. The van der Waals surface area contributed by atoms with Gasteiger partial charge in [0.05, 0.1) is 23.7 Å². The summed E-state index contributed by atoms with van der Waals surface area (Å²) < 4.78 is 28.7. The lowest BCUT2D eigenvalue weighted by Gasteiger charge is -2.35. The molecule has 0 spiro atoms. The van der Waals surface area contributed by atoms with Gasteiger partial charge >= 0.3 is 0 Å². The fraction of sp³-hybridized carbons (Fsp3) is 0.933. The van der Waals surface area contributed by atoms with Gasteiger partial charge in [-0.3, -0.25) is 9.89 Å². The van der Waals surface area contributed by atoms with Gasteiger partial charge < -0.3 is 15.4 Å². The Hall–Kier alpha value is -0.860. The molecule has 2 rings (SSSR count).